The van der Waals surface area contributed by atoms with E-state index in [1.165, 1.54) is 18.3 Å². The summed E-state index contributed by atoms with van der Waals surface area (Å²) in [6.07, 6.45) is -4.07. The van der Waals surface area contributed by atoms with Crippen LogP contribution in [-0.4, -0.2) is 28.6 Å². The molecule has 0 spiro atoms. The number of aromatic amines is 1. The van der Waals surface area contributed by atoms with E-state index in [9.17, 15) is 22.4 Å². The number of carbonyl (C=O) groups excluding carboxylic acids is 1. The van der Waals surface area contributed by atoms with Crippen LogP contribution < -0.4 is 5.32 Å². The summed E-state index contributed by atoms with van der Waals surface area (Å²) in [7, 11) is 0. The van der Waals surface area contributed by atoms with Gasteiger partial charge in [0.2, 0.25) is 0 Å². The smallest absolute Gasteiger partial charge is 0.357 e. The molecule has 1 unspecified atom stereocenters. The van der Waals surface area contributed by atoms with E-state index in [2.05, 4.69) is 31.2 Å². The monoisotopic (exact) mass is 391 g/mol. The summed E-state index contributed by atoms with van der Waals surface area (Å²) in [6.45, 7) is -0.117. The van der Waals surface area contributed by atoms with Gasteiger partial charge < -0.3 is 10.3 Å². The minimum atomic E-state index is -4.36. The van der Waals surface area contributed by atoms with Gasteiger partial charge in [0.15, 0.2) is 5.82 Å². The third-order valence-corrected chi connectivity index (χ3v) is 4.18. The Bertz CT molecular complexity index is 772. The number of hydrogen-bond donors (Lipinski definition) is 2. The van der Waals surface area contributed by atoms with E-state index in [4.69, 9.17) is 0 Å². The molecule has 2 N–H and O–H groups in total. The van der Waals surface area contributed by atoms with Gasteiger partial charge in [-0.2, -0.15) is 13.2 Å². The van der Waals surface area contributed by atoms with Crippen molar-refractivity contribution in [1.82, 2.24) is 15.3 Å². The lowest BCUT2D eigenvalue weighted by molar-refractivity contribution is -0.138. The zero-order valence-electron chi connectivity index (χ0n) is 11.5. The highest BCUT2D eigenvalue weighted by Gasteiger charge is 2.37. The highest BCUT2D eigenvalue weighted by molar-refractivity contribution is 9.10. The van der Waals surface area contributed by atoms with Crippen LogP contribution in [0.15, 0.2) is 22.9 Å². The van der Waals surface area contributed by atoms with Crippen LogP contribution in [0.3, 0.4) is 0 Å². The lowest BCUT2D eigenvalue weighted by atomic mass is 9.94. The van der Waals surface area contributed by atoms with Gasteiger partial charge in [0.25, 0.3) is 5.91 Å². The van der Waals surface area contributed by atoms with Gasteiger partial charge >= 0.3 is 6.18 Å². The van der Waals surface area contributed by atoms with Crippen LogP contribution in [-0.2, 0) is 0 Å². The second-order valence-electron chi connectivity index (χ2n) is 5.20. The van der Waals surface area contributed by atoms with Crippen molar-refractivity contribution in [2.75, 3.05) is 6.54 Å². The maximum Gasteiger partial charge on any atom is 0.389 e. The molecule has 1 amide bonds. The Labute approximate surface area is 136 Å². The number of alkyl halides is 3. The lowest BCUT2D eigenvalue weighted by Gasteiger charge is -2.23. The van der Waals surface area contributed by atoms with E-state index in [0.717, 1.165) is 0 Å². The SMILES string of the molecule is O=C1NCC(CC(F)(F)F)c2[nH]c(-c3ccnc(Br)c3F)cc21. The van der Waals surface area contributed by atoms with Gasteiger partial charge in [0.05, 0.1) is 12.0 Å². The maximum atomic E-state index is 14.1. The van der Waals surface area contributed by atoms with E-state index in [1.807, 2.05) is 0 Å². The predicted molar refractivity (Wildman–Crippen MR) is 77.4 cm³/mol. The van der Waals surface area contributed by atoms with Gasteiger partial charge in [-0.3, -0.25) is 4.79 Å². The van der Waals surface area contributed by atoms with Gasteiger partial charge in [-0.15, -0.1) is 0 Å². The van der Waals surface area contributed by atoms with E-state index >= 15 is 0 Å². The molecule has 23 heavy (non-hydrogen) atoms. The number of hydrogen-bond acceptors (Lipinski definition) is 2. The molecule has 0 saturated heterocycles. The molecule has 122 valence electrons. The topological polar surface area (TPSA) is 57.8 Å². The van der Waals surface area contributed by atoms with Crippen LogP contribution in [0.2, 0.25) is 0 Å². The highest BCUT2D eigenvalue weighted by atomic mass is 79.9. The zero-order chi connectivity index (χ0) is 16.8. The fourth-order valence-corrected chi connectivity index (χ4v) is 2.95. The Morgan fingerprint density at radius 3 is 2.78 bits per heavy atom. The second-order valence-corrected chi connectivity index (χ2v) is 5.95. The molecule has 4 nitrogen and oxygen atoms in total. The number of aromatic nitrogens is 2. The molecule has 0 aliphatic carbocycles. The normalized spacial score (nSPS) is 17.8. The Morgan fingerprint density at radius 2 is 2.09 bits per heavy atom. The molecule has 9 heteroatoms. The molecule has 1 aliphatic heterocycles. The fraction of sp³-hybridized carbons (Fsp3) is 0.286. The van der Waals surface area contributed by atoms with Crippen molar-refractivity contribution in [3.05, 3.63) is 40.0 Å². The zero-order valence-corrected chi connectivity index (χ0v) is 13.1. The second kappa shape index (κ2) is 5.63. The lowest BCUT2D eigenvalue weighted by Crippen LogP contribution is -2.36. The summed E-state index contributed by atoms with van der Waals surface area (Å²) in [5.41, 5.74) is 0.640. The van der Waals surface area contributed by atoms with Crippen molar-refractivity contribution in [1.29, 1.82) is 0 Å². The number of pyridine rings is 1. The summed E-state index contributed by atoms with van der Waals surface area (Å²) in [6, 6.07) is 2.74. The molecule has 2 aromatic rings. The summed E-state index contributed by atoms with van der Waals surface area (Å²) >= 11 is 2.95. The standard InChI is InChI=1S/C14H10BrF4N3O/c15-12-10(16)7(1-2-20-12)9-3-8-11(22-9)6(4-14(17,18)19)5-21-13(8)23/h1-3,6,22H,4-5H2,(H,21,23). The molecule has 0 aromatic carbocycles. The number of amides is 1. The molecule has 0 radical (unpaired) electrons. The first-order valence-electron chi connectivity index (χ1n) is 6.64. The van der Waals surface area contributed by atoms with E-state index in [-0.39, 0.29) is 33.7 Å². The minimum absolute atomic E-state index is 0.0149. The van der Waals surface area contributed by atoms with Crippen molar-refractivity contribution in [2.45, 2.75) is 18.5 Å². The van der Waals surface area contributed by atoms with Crippen LogP contribution in [0.5, 0.6) is 0 Å². The van der Waals surface area contributed by atoms with Crippen molar-refractivity contribution in [2.24, 2.45) is 0 Å². The largest absolute Gasteiger partial charge is 0.389 e. The van der Waals surface area contributed by atoms with Crippen molar-refractivity contribution in [3.63, 3.8) is 0 Å². The minimum Gasteiger partial charge on any atom is -0.357 e. The summed E-state index contributed by atoms with van der Waals surface area (Å²) in [4.78, 5) is 18.4. The average Bonchev–Trinajstić information content (AvgIpc) is 2.90. The van der Waals surface area contributed by atoms with E-state index in [1.54, 1.807) is 0 Å². The Hall–Kier alpha value is -1.90. The number of halogens is 5. The first kappa shape index (κ1) is 16.0. The average molecular weight is 392 g/mol. The van der Waals surface area contributed by atoms with Crippen molar-refractivity contribution >= 4 is 21.8 Å². The predicted octanol–water partition coefficient (Wildman–Crippen LogP) is 3.76. The van der Waals surface area contributed by atoms with Gasteiger partial charge in [-0.25, -0.2) is 9.37 Å². The number of nitrogens with one attached hydrogen (secondary N) is 2. The van der Waals surface area contributed by atoms with Gasteiger partial charge in [-0.05, 0) is 28.1 Å². The number of H-pyrrole nitrogens is 1. The third-order valence-electron chi connectivity index (χ3n) is 3.62. The van der Waals surface area contributed by atoms with Gasteiger partial charge in [0, 0.05) is 35.6 Å². The van der Waals surface area contributed by atoms with Crippen molar-refractivity contribution < 1.29 is 22.4 Å². The first-order chi connectivity index (χ1) is 10.8. The fourth-order valence-electron chi connectivity index (χ4n) is 2.62. The number of carbonyl (C=O) groups is 1. The molecule has 2 aromatic heterocycles. The van der Waals surface area contributed by atoms with Gasteiger partial charge in [0.1, 0.15) is 4.60 Å². The van der Waals surface area contributed by atoms with Gasteiger partial charge in [-0.1, -0.05) is 0 Å². The number of fused-ring (bicyclic) bond motifs is 1. The summed E-state index contributed by atoms with van der Waals surface area (Å²) in [5, 5.41) is 2.43. The molecular formula is C14H10BrF4N3O. The Morgan fingerprint density at radius 1 is 1.35 bits per heavy atom. The summed E-state index contributed by atoms with van der Waals surface area (Å²) < 4.78 is 52.1. The van der Waals surface area contributed by atoms with E-state index in [0.29, 0.717) is 0 Å². The molecular weight excluding hydrogens is 382 g/mol. The molecule has 0 fully saturated rings. The maximum absolute atomic E-state index is 14.1. The number of nitrogens with zero attached hydrogens (tertiary/aromatic N) is 1. The number of rotatable bonds is 2. The van der Waals surface area contributed by atoms with Crippen LogP contribution >= 0.6 is 15.9 Å². The molecule has 1 atom stereocenters. The first-order valence-corrected chi connectivity index (χ1v) is 7.44. The quantitative estimate of drug-likeness (QED) is 0.604. The third kappa shape index (κ3) is 3.10. The molecule has 3 heterocycles. The van der Waals surface area contributed by atoms with E-state index < -0.39 is 30.2 Å². The van der Waals surface area contributed by atoms with Crippen LogP contribution in [0.4, 0.5) is 17.6 Å². The molecule has 0 saturated carbocycles. The van der Waals surface area contributed by atoms with Crippen LogP contribution in [0.1, 0.15) is 28.4 Å². The highest BCUT2D eigenvalue weighted by Crippen LogP contribution is 2.36. The molecule has 0 bridgehead atoms. The Kier molecular flexibility index (Phi) is 3.91. The van der Waals surface area contributed by atoms with Crippen LogP contribution in [0.25, 0.3) is 11.3 Å². The molecule has 1 aliphatic rings. The summed E-state index contributed by atoms with van der Waals surface area (Å²) in [5.74, 6) is -2.06. The van der Waals surface area contributed by atoms with Crippen LogP contribution in [0, 0.1) is 5.82 Å². The van der Waals surface area contributed by atoms with Crippen molar-refractivity contribution in [3.8, 4) is 11.3 Å². The molecule has 3 rings (SSSR count). The Balaban J connectivity index is 2.05.